The summed E-state index contributed by atoms with van der Waals surface area (Å²) in [4.78, 5) is 3.91. The van der Waals surface area contributed by atoms with Crippen molar-refractivity contribution in [2.24, 2.45) is 0 Å². The number of aromatic nitrogens is 1. The fraction of sp³-hybridized carbons (Fsp3) is 0.583. The molecular formula is C12H16F4N2O. The van der Waals surface area contributed by atoms with E-state index in [-0.39, 0.29) is 11.4 Å². The monoisotopic (exact) mass is 280 g/mol. The van der Waals surface area contributed by atoms with Gasteiger partial charge in [0.1, 0.15) is 5.82 Å². The van der Waals surface area contributed by atoms with Gasteiger partial charge in [-0.2, -0.15) is 13.8 Å². The summed E-state index contributed by atoms with van der Waals surface area (Å²) >= 11 is 0. The number of rotatable bonds is 5. The van der Waals surface area contributed by atoms with Crippen molar-refractivity contribution in [3.05, 3.63) is 18.2 Å². The normalized spacial score (nSPS) is 12.6. The molecular weight excluding hydrogens is 264 g/mol. The number of hydrogen-bond acceptors (Lipinski definition) is 3. The van der Waals surface area contributed by atoms with Crippen LogP contribution in [0.5, 0.6) is 5.88 Å². The Morgan fingerprint density at radius 3 is 2.42 bits per heavy atom. The van der Waals surface area contributed by atoms with Gasteiger partial charge < -0.3 is 10.1 Å². The van der Waals surface area contributed by atoms with E-state index < -0.39 is 19.0 Å². The first kappa shape index (κ1) is 15.5. The second-order valence-corrected chi connectivity index (χ2v) is 5.09. The first-order valence-corrected chi connectivity index (χ1v) is 5.64. The average molecular weight is 280 g/mol. The molecule has 1 N–H and O–H groups in total. The first-order valence-electron chi connectivity index (χ1n) is 5.64. The summed E-state index contributed by atoms with van der Waals surface area (Å²) in [6.45, 7) is 4.28. The maximum Gasteiger partial charge on any atom is 0.340 e. The smallest absolute Gasteiger partial charge is 0.340 e. The highest BCUT2D eigenvalue weighted by Crippen LogP contribution is 2.24. The topological polar surface area (TPSA) is 34.1 Å². The van der Waals surface area contributed by atoms with E-state index in [1.54, 1.807) is 6.07 Å². The number of nitrogens with zero attached hydrogens (tertiary/aromatic N) is 1. The molecule has 1 heterocycles. The predicted molar refractivity (Wildman–Crippen MR) is 64.1 cm³/mol. The standard InChI is InChI=1S/C12H16F4N2O/c1-11(2,3)18-8-5-4-6-9(17-8)19-7-12(15,16)10(13)14/h4-6,10H,7H2,1-3H3,(H,17,18). The highest BCUT2D eigenvalue weighted by molar-refractivity contribution is 5.39. The minimum atomic E-state index is -4.19. The molecule has 0 bridgehead atoms. The summed E-state index contributed by atoms with van der Waals surface area (Å²) in [6.07, 6.45) is -3.76. The number of pyridine rings is 1. The van der Waals surface area contributed by atoms with Gasteiger partial charge in [0.15, 0.2) is 6.61 Å². The number of nitrogens with one attached hydrogen (secondary N) is 1. The number of halogens is 4. The maximum atomic E-state index is 12.7. The van der Waals surface area contributed by atoms with Gasteiger partial charge >= 0.3 is 12.3 Å². The third-order valence-electron chi connectivity index (χ3n) is 1.96. The molecule has 108 valence electrons. The van der Waals surface area contributed by atoms with Gasteiger partial charge in [0, 0.05) is 11.6 Å². The van der Waals surface area contributed by atoms with Gasteiger partial charge in [-0.3, -0.25) is 0 Å². The highest BCUT2D eigenvalue weighted by atomic mass is 19.3. The summed E-state index contributed by atoms with van der Waals surface area (Å²) in [5.41, 5.74) is -0.265. The molecule has 0 aliphatic carbocycles. The van der Waals surface area contributed by atoms with Gasteiger partial charge in [0.25, 0.3) is 0 Å². The third kappa shape index (κ3) is 5.32. The zero-order valence-corrected chi connectivity index (χ0v) is 10.9. The number of anilines is 1. The van der Waals surface area contributed by atoms with Gasteiger partial charge in [-0.1, -0.05) is 6.07 Å². The van der Waals surface area contributed by atoms with Crippen molar-refractivity contribution in [3.8, 4) is 5.88 Å². The van der Waals surface area contributed by atoms with E-state index in [1.165, 1.54) is 12.1 Å². The largest absolute Gasteiger partial charge is 0.471 e. The van der Waals surface area contributed by atoms with E-state index in [0.29, 0.717) is 5.82 Å². The maximum absolute atomic E-state index is 12.7. The summed E-state index contributed by atoms with van der Waals surface area (Å²) < 4.78 is 53.9. The predicted octanol–water partition coefficient (Wildman–Crippen LogP) is 3.57. The van der Waals surface area contributed by atoms with Crippen molar-refractivity contribution >= 4 is 5.82 Å². The molecule has 0 fully saturated rings. The number of alkyl halides is 4. The van der Waals surface area contributed by atoms with Crippen LogP contribution in [0, 0.1) is 0 Å². The Hall–Kier alpha value is -1.53. The quantitative estimate of drug-likeness (QED) is 0.837. The number of hydrogen-bond donors (Lipinski definition) is 1. The molecule has 0 spiro atoms. The van der Waals surface area contributed by atoms with Gasteiger partial charge in [-0.15, -0.1) is 0 Å². The summed E-state index contributed by atoms with van der Waals surface area (Å²) in [7, 11) is 0. The zero-order valence-electron chi connectivity index (χ0n) is 10.9. The van der Waals surface area contributed by atoms with Crippen molar-refractivity contribution in [1.29, 1.82) is 0 Å². The Morgan fingerprint density at radius 1 is 1.26 bits per heavy atom. The third-order valence-corrected chi connectivity index (χ3v) is 1.96. The molecule has 1 rings (SSSR count). The van der Waals surface area contributed by atoms with E-state index in [4.69, 9.17) is 0 Å². The molecule has 3 nitrogen and oxygen atoms in total. The zero-order chi connectivity index (χ0) is 14.7. The van der Waals surface area contributed by atoms with Crippen LogP contribution in [-0.4, -0.2) is 29.5 Å². The second-order valence-electron chi connectivity index (χ2n) is 5.09. The van der Waals surface area contributed by atoms with Crippen LogP contribution in [0.3, 0.4) is 0 Å². The molecule has 0 aliphatic heterocycles. The van der Waals surface area contributed by atoms with Crippen molar-refractivity contribution in [2.45, 2.75) is 38.7 Å². The molecule has 0 aromatic carbocycles. The Morgan fingerprint density at radius 2 is 1.89 bits per heavy atom. The lowest BCUT2D eigenvalue weighted by Crippen LogP contribution is -2.34. The number of ether oxygens (including phenoxy) is 1. The molecule has 1 aromatic heterocycles. The van der Waals surface area contributed by atoms with E-state index >= 15 is 0 Å². The Kier molecular flexibility index (Phi) is 4.60. The van der Waals surface area contributed by atoms with Crippen LogP contribution < -0.4 is 10.1 Å². The van der Waals surface area contributed by atoms with Crippen LogP contribution in [0.2, 0.25) is 0 Å². The second kappa shape index (κ2) is 5.63. The average Bonchev–Trinajstić information content (AvgIpc) is 2.24. The summed E-state index contributed by atoms with van der Waals surface area (Å²) in [5, 5.41) is 3.01. The summed E-state index contributed by atoms with van der Waals surface area (Å²) in [5.74, 6) is -3.89. The van der Waals surface area contributed by atoms with Gasteiger partial charge in [-0.25, -0.2) is 8.78 Å². The minimum Gasteiger partial charge on any atom is -0.471 e. The van der Waals surface area contributed by atoms with E-state index in [2.05, 4.69) is 15.0 Å². The van der Waals surface area contributed by atoms with Crippen LogP contribution in [0.15, 0.2) is 18.2 Å². The lowest BCUT2D eigenvalue weighted by Gasteiger charge is -2.21. The van der Waals surface area contributed by atoms with Crippen molar-refractivity contribution in [3.63, 3.8) is 0 Å². The molecule has 0 radical (unpaired) electrons. The van der Waals surface area contributed by atoms with Crippen LogP contribution in [0.1, 0.15) is 20.8 Å². The van der Waals surface area contributed by atoms with Crippen LogP contribution >= 0.6 is 0 Å². The molecule has 0 unspecified atom stereocenters. The van der Waals surface area contributed by atoms with Gasteiger partial charge in [0.05, 0.1) is 0 Å². The van der Waals surface area contributed by atoms with Gasteiger partial charge in [0.2, 0.25) is 5.88 Å². The molecule has 0 aliphatic rings. The van der Waals surface area contributed by atoms with E-state index in [9.17, 15) is 17.6 Å². The molecule has 7 heteroatoms. The SMILES string of the molecule is CC(C)(C)Nc1cccc(OCC(F)(F)C(F)F)n1. The highest BCUT2D eigenvalue weighted by Gasteiger charge is 2.41. The minimum absolute atomic E-state index is 0.130. The Bertz CT molecular complexity index is 418. The van der Waals surface area contributed by atoms with Crippen molar-refractivity contribution in [2.75, 3.05) is 11.9 Å². The summed E-state index contributed by atoms with van der Waals surface area (Å²) in [6, 6.07) is 4.50. The lowest BCUT2D eigenvalue weighted by atomic mass is 10.1. The fourth-order valence-corrected chi connectivity index (χ4v) is 1.18. The first-order chi connectivity index (χ1) is 8.60. The van der Waals surface area contributed by atoms with E-state index in [0.717, 1.165) is 0 Å². The Balaban J connectivity index is 2.68. The van der Waals surface area contributed by atoms with Crippen LogP contribution in [0.25, 0.3) is 0 Å². The van der Waals surface area contributed by atoms with Crippen molar-refractivity contribution < 1.29 is 22.3 Å². The van der Waals surface area contributed by atoms with Crippen LogP contribution in [-0.2, 0) is 0 Å². The molecule has 0 atom stereocenters. The van der Waals surface area contributed by atoms with E-state index in [1.807, 2.05) is 20.8 Å². The fourth-order valence-electron chi connectivity index (χ4n) is 1.18. The molecule has 0 saturated heterocycles. The molecule has 19 heavy (non-hydrogen) atoms. The molecule has 0 amide bonds. The molecule has 1 aromatic rings. The molecule has 0 saturated carbocycles. The lowest BCUT2D eigenvalue weighted by molar-refractivity contribution is -0.148. The van der Waals surface area contributed by atoms with Gasteiger partial charge in [-0.05, 0) is 26.8 Å². The van der Waals surface area contributed by atoms with Crippen molar-refractivity contribution in [1.82, 2.24) is 4.98 Å². The Labute approximate surface area is 109 Å². The van der Waals surface area contributed by atoms with Crippen LogP contribution in [0.4, 0.5) is 23.4 Å².